The van der Waals surface area contributed by atoms with Gasteiger partial charge in [0.05, 0.1) is 12.3 Å². The minimum absolute atomic E-state index is 0.146. The van der Waals surface area contributed by atoms with Crippen molar-refractivity contribution in [3.05, 3.63) is 52.7 Å². The number of carbonyl (C=O) groups excluding carboxylic acids is 1. The molecule has 3 rings (SSSR count). The number of nitrogens with zero attached hydrogens (tertiary/aromatic N) is 1. The first kappa shape index (κ1) is 13.5. The van der Waals surface area contributed by atoms with E-state index in [1.807, 2.05) is 35.2 Å². The maximum absolute atomic E-state index is 12.0. The van der Waals surface area contributed by atoms with Crippen LogP contribution in [-0.2, 0) is 4.79 Å². The summed E-state index contributed by atoms with van der Waals surface area (Å²) in [5.74, 6) is 1.60. The van der Waals surface area contributed by atoms with Crippen molar-refractivity contribution in [2.75, 3.05) is 18.9 Å². The highest BCUT2D eigenvalue weighted by atomic mass is 32.2. The normalized spacial score (nSPS) is 18.5. The second-order valence-corrected chi connectivity index (χ2v) is 6.32. The summed E-state index contributed by atoms with van der Waals surface area (Å²) in [6.45, 7) is 1.15. The van der Waals surface area contributed by atoms with Crippen molar-refractivity contribution in [3.63, 3.8) is 0 Å². The third-order valence-corrected chi connectivity index (χ3v) is 5.10. The Morgan fingerprint density at radius 1 is 1.25 bits per heavy atom. The molecule has 104 valence electrons. The number of thiophene rings is 1. The van der Waals surface area contributed by atoms with Crippen LogP contribution in [0.25, 0.3) is 0 Å². The summed E-state index contributed by atoms with van der Waals surface area (Å²) in [6, 6.07) is 11.8. The van der Waals surface area contributed by atoms with Crippen molar-refractivity contribution < 1.29 is 9.53 Å². The zero-order chi connectivity index (χ0) is 13.8. The molecule has 0 N–H and O–H groups in total. The lowest BCUT2D eigenvalue weighted by atomic mass is 10.3. The summed E-state index contributed by atoms with van der Waals surface area (Å²) in [7, 11) is 0. The Morgan fingerprint density at radius 3 is 2.85 bits per heavy atom. The van der Waals surface area contributed by atoms with E-state index in [1.165, 1.54) is 5.56 Å². The third kappa shape index (κ3) is 2.99. The molecule has 0 saturated carbocycles. The van der Waals surface area contributed by atoms with Gasteiger partial charge in [-0.2, -0.15) is 11.3 Å². The predicted molar refractivity (Wildman–Crippen MR) is 83.2 cm³/mol. The number of hydrogen-bond acceptors (Lipinski definition) is 4. The van der Waals surface area contributed by atoms with E-state index in [0.29, 0.717) is 18.9 Å². The highest BCUT2D eigenvalue weighted by Crippen LogP contribution is 2.39. The minimum atomic E-state index is 0.146. The molecule has 3 nitrogen and oxygen atoms in total. The molecule has 1 fully saturated rings. The van der Waals surface area contributed by atoms with Crippen LogP contribution in [-0.4, -0.2) is 29.7 Å². The Bertz CT molecular complexity index is 557. The third-order valence-electron chi connectivity index (χ3n) is 3.14. The molecule has 1 amide bonds. The number of rotatable bonds is 5. The lowest BCUT2D eigenvalue weighted by molar-refractivity contribution is -0.128. The molecule has 2 heterocycles. The van der Waals surface area contributed by atoms with E-state index in [2.05, 4.69) is 16.8 Å². The first-order chi connectivity index (χ1) is 9.84. The van der Waals surface area contributed by atoms with Crippen LogP contribution in [0.15, 0.2) is 47.2 Å². The Hall–Kier alpha value is -1.46. The van der Waals surface area contributed by atoms with Crippen molar-refractivity contribution in [3.8, 4) is 5.75 Å². The molecule has 0 spiro atoms. The Balaban J connectivity index is 1.59. The molecule has 2 aromatic rings. The van der Waals surface area contributed by atoms with Crippen molar-refractivity contribution in [1.82, 2.24) is 4.90 Å². The lowest BCUT2D eigenvalue weighted by Crippen LogP contribution is -2.32. The Kier molecular flexibility index (Phi) is 4.28. The van der Waals surface area contributed by atoms with Gasteiger partial charge in [-0.15, -0.1) is 11.8 Å². The van der Waals surface area contributed by atoms with Gasteiger partial charge in [0.1, 0.15) is 17.7 Å². The molecule has 0 radical (unpaired) electrons. The number of thioether (sulfide) groups is 1. The Labute approximate surface area is 126 Å². The molecule has 0 aliphatic carbocycles. The number of benzene rings is 1. The predicted octanol–water partition coefficient (Wildman–Crippen LogP) is 3.40. The minimum Gasteiger partial charge on any atom is -0.492 e. The van der Waals surface area contributed by atoms with Gasteiger partial charge < -0.3 is 9.64 Å². The standard InChI is InChI=1S/C15H15NO2S2/c17-14-11-20-15(12-6-9-19-10-12)16(14)7-8-18-13-4-2-1-3-5-13/h1-6,9-10,15H,7-8,11H2. The summed E-state index contributed by atoms with van der Waals surface area (Å²) in [6.07, 6.45) is 0. The first-order valence-corrected chi connectivity index (χ1v) is 8.45. The van der Waals surface area contributed by atoms with E-state index in [1.54, 1.807) is 23.1 Å². The molecule has 20 heavy (non-hydrogen) atoms. The zero-order valence-electron chi connectivity index (χ0n) is 10.9. The van der Waals surface area contributed by atoms with Crippen LogP contribution in [0.2, 0.25) is 0 Å². The van der Waals surface area contributed by atoms with Gasteiger partial charge >= 0.3 is 0 Å². The summed E-state index contributed by atoms with van der Waals surface area (Å²) in [5, 5.41) is 4.31. The van der Waals surface area contributed by atoms with E-state index in [0.717, 1.165) is 5.75 Å². The van der Waals surface area contributed by atoms with Gasteiger partial charge in [-0.05, 0) is 34.5 Å². The zero-order valence-corrected chi connectivity index (χ0v) is 12.5. The largest absolute Gasteiger partial charge is 0.492 e. The molecule has 5 heteroatoms. The first-order valence-electron chi connectivity index (χ1n) is 6.45. The van der Waals surface area contributed by atoms with Gasteiger partial charge in [0.25, 0.3) is 0 Å². The number of para-hydroxylation sites is 1. The molecular weight excluding hydrogens is 290 g/mol. The molecule has 1 aromatic heterocycles. The smallest absolute Gasteiger partial charge is 0.233 e. The summed E-state index contributed by atoms with van der Waals surface area (Å²) < 4.78 is 5.68. The molecule has 0 bridgehead atoms. The summed E-state index contributed by atoms with van der Waals surface area (Å²) in [4.78, 5) is 13.9. The van der Waals surface area contributed by atoms with E-state index in [4.69, 9.17) is 4.74 Å². The van der Waals surface area contributed by atoms with Crippen LogP contribution < -0.4 is 4.74 Å². The topological polar surface area (TPSA) is 29.5 Å². The van der Waals surface area contributed by atoms with Crippen molar-refractivity contribution in [2.45, 2.75) is 5.37 Å². The summed E-state index contributed by atoms with van der Waals surface area (Å²) >= 11 is 3.36. The van der Waals surface area contributed by atoms with Crippen LogP contribution in [0.4, 0.5) is 0 Å². The average molecular weight is 305 g/mol. The Morgan fingerprint density at radius 2 is 2.10 bits per heavy atom. The van der Waals surface area contributed by atoms with Gasteiger partial charge in [0.15, 0.2) is 0 Å². The van der Waals surface area contributed by atoms with Crippen LogP contribution in [0.3, 0.4) is 0 Å². The molecule has 1 aliphatic heterocycles. The van der Waals surface area contributed by atoms with E-state index in [9.17, 15) is 4.79 Å². The van der Waals surface area contributed by atoms with Crippen LogP contribution in [0, 0.1) is 0 Å². The SMILES string of the molecule is O=C1CSC(c2ccsc2)N1CCOc1ccccc1. The fraction of sp³-hybridized carbons (Fsp3) is 0.267. The van der Waals surface area contributed by atoms with Gasteiger partial charge in [-0.25, -0.2) is 0 Å². The van der Waals surface area contributed by atoms with Gasteiger partial charge in [0, 0.05) is 0 Å². The van der Waals surface area contributed by atoms with Crippen molar-refractivity contribution in [1.29, 1.82) is 0 Å². The summed E-state index contributed by atoms with van der Waals surface area (Å²) in [5.41, 5.74) is 1.21. The molecule has 1 atom stereocenters. The maximum Gasteiger partial charge on any atom is 0.233 e. The van der Waals surface area contributed by atoms with Gasteiger partial charge in [-0.1, -0.05) is 18.2 Å². The fourth-order valence-corrected chi connectivity index (χ4v) is 4.14. The maximum atomic E-state index is 12.0. The van der Waals surface area contributed by atoms with Gasteiger partial charge in [-0.3, -0.25) is 4.79 Å². The molecule has 1 saturated heterocycles. The lowest BCUT2D eigenvalue weighted by Gasteiger charge is -2.23. The monoisotopic (exact) mass is 305 g/mol. The van der Waals surface area contributed by atoms with E-state index in [-0.39, 0.29) is 11.3 Å². The second kappa shape index (κ2) is 6.33. The van der Waals surface area contributed by atoms with Crippen LogP contribution in [0.1, 0.15) is 10.9 Å². The second-order valence-electron chi connectivity index (χ2n) is 4.47. The molecule has 1 aromatic carbocycles. The van der Waals surface area contributed by atoms with Crippen molar-refractivity contribution in [2.24, 2.45) is 0 Å². The van der Waals surface area contributed by atoms with Crippen LogP contribution >= 0.6 is 23.1 Å². The number of ether oxygens (including phenoxy) is 1. The number of amides is 1. The quantitative estimate of drug-likeness (QED) is 0.848. The highest BCUT2D eigenvalue weighted by Gasteiger charge is 2.32. The fourth-order valence-electron chi connectivity index (χ4n) is 2.17. The van der Waals surface area contributed by atoms with Gasteiger partial charge in [0.2, 0.25) is 5.91 Å². The van der Waals surface area contributed by atoms with E-state index >= 15 is 0 Å². The van der Waals surface area contributed by atoms with E-state index < -0.39 is 0 Å². The average Bonchev–Trinajstić information content (AvgIpc) is 3.11. The number of carbonyl (C=O) groups is 1. The molecular formula is C15H15NO2S2. The molecule has 1 aliphatic rings. The van der Waals surface area contributed by atoms with Crippen molar-refractivity contribution >= 4 is 29.0 Å². The number of hydrogen-bond donors (Lipinski definition) is 0. The molecule has 1 unspecified atom stereocenters. The van der Waals surface area contributed by atoms with Crippen LogP contribution in [0.5, 0.6) is 5.75 Å². The highest BCUT2D eigenvalue weighted by molar-refractivity contribution is 8.00.